The first kappa shape index (κ1) is 19.1. The molecule has 134 valence electrons. The highest BCUT2D eigenvalue weighted by Gasteiger charge is 2.19. The zero-order chi connectivity index (χ0) is 18.4. The van der Waals surface area contributed by atoms with Crippen LogP contribution in [0.25, 0.3) is 0 Å². The summed E-state index contributed by atoms with van der Waals surface area (Å²) >= 11 is 6.01. The number of hydrogen-bond donors (Lipinski definition) is 1. The van der Waals surface area contributed by atoms with Crippen molar-refractivity contribution in [1.29, 1.82) is 0 Å². The lowest BCUT2D eigenvalue weighted by Gasteiger charge is -2.21. The van der Waals surface area contributed by atoms with E-state index in [9.17, 15) is 4.79 Å². The minimum atomic E-state index is -0.604. The molecule has 1 amide bonds. The summed E-state index contributed by atoms with van der Waals surface area (Å²) in [6.45, 7) is 5.67. The third-order valence-corrected chi connectivity index (χ3v) is 4.48. The van der Waals surface area contributed by atoms with E-state index in [-0.39, 0.29) is 11.9 Å². The van der Waals surface area contributed by atoms with Crippen LogP contribution in [0.4, 0.5) is 0 Å². The molecular weight excluding hydrogens is 338 g/mol. The summed E-state index contributed by atoms with van der Waals surface area (Å²) in [5.41, 5.74) is 1.95. The lowest BCUT2D eigenvalue weighted by atomic mass is 10.0. The summed E-state index contributed by atoms with van der Waals surface area (Å²) in [7, 11) is 1.63. The van der Waals surface area contributed by atoms with E-state index in [0.717, 1.165) is 23.3 Å². The summed E-state index contributed by atoms with van der Waals surface area (Å²) in [5, 5.41) is 3.71. The Bertz CT molecular complexity index is 715. The third-order valence-electron chi connectivity index (χ3n) is 4.05. The summed E-state index contributed by atoms with van der Waals surface area (Å²) in [5.74, 6) is 1.26. The number of benzene rings is 2. The molecule has 2 rings (SSSR count). The highest BCUT2D eigenvalue weighted by molar-refractivity contribution is 6.31. The van der Waals surface area contributed by atoms with Crippen molar-refractivity contribution in [2.45, 2.75) is 39.3 Å². The van der Waals surface area contributed by atoms with Crippen LogP contribution in [-0.4, -0.2) is 19.1 Å². The molecule has 25 heavy (non-hydrogen) atoms. The van der Waals surface area contributed by atoms with E-state index in [4.69, 9.17) is 21.1 Å². The van der Waals surface area contributed by atoms with Crippen molar-refractivity contribution in [2.24, 2.45) is 0 Å². The number of ether oxygens (including phenoxy) is 2. The van der Waals surface area contributed by atoms with Gasteiger partial charge in [-0.3, -0.25) is 4.79 Å². The average Bonchev–Trinajstić information content (AvgIpc) is 2.62. The number of rotatable bonds is 7. The van der Waals surface area contributed by atoms with Crippen molar-refractivity contribution < 1.29 is 14.3 Å². The molecule has 2 aromatic rings. The van der Waals surface area contributed by atoms with Gasteiger partial charge in [0.2, 0.25) is 0 Å². The summed E-state index contributed by atoms with van der Waals surface area (Å²) < 4.78 is 10.9. The minimum Gasteiger partial charge on any atom is -0.497 e. The maximum absolute atomic E-state index is 12.5. The fourth-order valence-electron chi connectivity index (χ4n) is 2.49. The van der Waals surface area contributed by atoms with Crippen LogP contribution >= 0.6 is 11.6 Å². The van der Waals surface area contributed by atoms with E-state index in [2.05, 4.69) is 5.32 Å². The highest BCUT2D eigenvalue weighted by atomic mass is 35.5. The minimum absolute atomic E-state index is 0.0728. The van der Waals surface area contributed by atoms with Gasteiger partial charge in [-0.1, -0.05) is 30.7 Å². The standard InChI is InChI=1S/C20H24ClNO3/c1-5-19(15-6-8-16(24-4)9-7-15)22-20(23)14(3)25-17-10-11-18(21)13(2)12-17/h6-12,14,19H,5H2,1-4H3,(H,22,23). The van der Waals surface area contributed by atoms with Crippen LogP contribution in [-0.2, 0) is 4.79 Å². The monoisotopic (exact) mass is 361 g/mol. The molecule has 0 radical (unpaired) electrons. The molecule has 0 aliphatic rings. The quantitative estimate of drug-likeness (QED) is 0.778. The number of hydrogen-bond acceptors (Lipinski definition) is 3. The van der Waals surface area contributed by atoms with Crippen LogP contribution in [0.5, 0.6) is 11.5 Å². The molecule has 4 nitrogen and oxygen atoms in total. The lowest BCUT2D eigenvalue weighted by Crippen LogP contribution is -2.38. The van der Waals surface area contributed by atoms with Crippen molar-refractivity contribution in [3.05, 3.63) is 58.6 Å². The van der Waals surface area contributed by atoms with Crippen molar-refractivity contribution in [2.75, 3.05) is 7.11 Å². The maximum atomic E-state index is 12.5. The second-order valence-corrected chi connectivity index (χ2v) is 6.32. The topological polar surface area (TPSA) is 47.6 Å². The molecule has 0 saturated carbocycles. The van der Waals surface area contributed by atoms with Crippen LogP contribution < -0.4 is 14.8 Å². The molecule has 0 spiro atoms. The van der Waals surface area contributed by atoms with E-state index in [0.29, 0.717) is 10.8 Å². The van der Waals surface area contributed by atoms with Gasteiger partial charge in [0, 0.05) is 5.02 Å². The van der Waals surface area contributed by atoms with Gasteiger partial charge < -0.3 is 14.8 Å². The maximum Gasteiger partial charge on any atom is 0.261 e. The molecule has 2 unspecified atom stereocenters. The first-order valence-electron chi connectivity index (χ1n) is 8.31. The first-order valence-corrected chi connectivity index (χ1v) is 8.69. The van der Waals surface area contributed by atoms with Gasteiger partial charge in [-0.15, -0.1) is 0 Å². The van der Waals surface area contributed by atoms with Gasteiger partial charge in [-0.25, -0.2) is 0 Å². The van der Waals surface area contributed by atoms with E-state index in [1.165, 1.54) is 0 Å². The summed E-state index contributed by atoms with van der Waals surface area (Å²) in [6, 6.07) is 13.0. The van der Waals surface area contributed by atoms with Gasteiger partial charge >= 0.3 is 0 Å². The third kappa shape index (κ3) is 5.13. The largest absolute Gasteiger partial charge is 0.497 e. The zero-order valence-electron chi connectivity index (χ0n) is 15.0. The molecule has 1 N–H and O–H groups in total. The second kappa shape index (κ2) is 8.77. The van der Waals surface area contributed by atoms with Gasteiger partial charge in [-0.05, 0) is 61.7 Å². The van der Waals surface area contributed by atoms with Crippen LogP contribution in [0.3, 0.4) is 0 Å². The number of aryl methyl sites for hydroxylation is 1. The van der Waals surface area contributed by atoms with Crippen molar-refractivity contribution in [1.82, 2.24) is 5.32 Å². The summed E-state index contributed by atoms with van der Waals surface area (Å²) in [4.78, 5) is 12.5. The number of nitrogens with one attached hydrogen (secondary N) is 1. The SMILES string of the molecule is CCC(NC(=O)C(C)Oc1ccc(Cl)c(C)c1)c1ccc(OC)cc1. The van der Waals surface area contributed by atoms with Crippen LogP contribution in [0.1, 0.15) is 37.4 Å². The Labute approximate surface area is 154 Å². The Kier molecular flexibility index (Phi) is 6.71. The molecule has 0 heterocycles. The number of carbonyl (C=O) groups excluding carboxylic acids is 1. The van der Waals surface area contributed by atoms with E-state index in [1.54, 1.807) is 26.2 Å². The Hall–Kier alpha value is -2.20. The number of amides is 1. The van der Waals surface area contributed by atoms with E-state index in [1.807, 2.05) is 44.2 Å². The van der Waals surface area contributed by atoms with Gasteiger partial charge in [0.05, 0.1) is 13.2 Å². The molecule has 0 aliphatic heterocycles. The molecule has 0 bridgehead atoms. The van der Waals surface area contributed by atoms with E-state index < -0.39 is 6.10 Å². The van der Waals surface area contributed by atoms with Gasteiger partial charge in [0.1, 0.15) is 11.5 Å². The van der Waals surface area contributed by atoms with Crippen molar-refractivity contribution in [3.8, 4) is 11.5 Å². The van der Waals surface area contributed by atoms with Crippen LogP contribution in [0, 0.1) is 6.92 Å². The van der Waals surface area contributed by atoms with Crippen molar-refractivity contribution in [3.63, 3.8) is 0 Å². The Balaban J connectivity index is 2.01. The molecule has 5 heteroatoms. The summed E-state index contributed by atoms with van der Waals surface area (Å²) in [6.07, 6.45) is 0.179. The van der Waals surface area contributed by atoms with E-state index >= 15 is 0 Å². The smallest absolute Gasteiger partial charge is 0.261 e. The lowest BCUT2D eigenvalue weighted by molar-refractivity contribution is -0.128. The molecule has 2 atom stereocenters. The normalized spacial score (nSPS) is 13.0. The average molecular weight is 362 g/mol. The highest BCUT2D eigenvalue weighted by Crippen LogP contribution is 2.23. The predicted octanol–water partition coefficient (Wildman–Crippen LogP) is 4.69. The molecule has 0 aliphatic carbocycles. The number of halogens is 1. The predicted molar refractivity (Wildman–Crippen MR) is 100 cm³/mol. The number of carbonyl (C=O) groups is 1. The van der Waals surface area contributed by atoms with Gasteiger partial charge in [0.15, 0.2) is 6.10 Å². The first-order chi connectivity index (χ1) is 11.9. The molecular formula is C20H24ClNO3. The Morgan fingerprint density at radius 2 is 1.80 bits per heavy atom. The van der Waals surface area contributed by atoms with Gasteiger partial charge in [0.25, 0.3) is 5.91 Å². The van der Waals surface area contributed by atoms with Crippen LogP contribution in [0.15, 0.2) is 42.5 Å². The molecule has 0 saturated heterocycles. The van der Waals surface area contributed by atoms with Crippen molar-refractivity contribution >= 4 is 17.5 Å². The van der Waals surface area contributed by atoms with Crippen LogP contribution in [0.2, 0.25) is 5.02 Å². The second-order valence-electron chi connectivity index (χ2n) is 5.91. The number of methoxy groups -OCH3 is 1. The Morgan fingerprint density at radius 1 is 1.16 bits per heavy atom. The molecule has 0 fully saturated rings. The molecule has 2 aromatic carbocycles. The zero-order valence-corrected chi connectivity index (χ0v) is 15.8. The van der Waals surface area contributed by atoms with Gasteiger partial charge in [-0.2, -0.15) is 0 Å². The molecule has 0 aromatic heterocycles. The fourth-order valence-corrected chi connectivity index (χ4v) is 2.61. The Morgan fingerprint density at radius 3 is 2.36 bits per heavy atom. The fraction of sp³-hybridized carbons (Fsp3) is 0.350.